The number of benzene rings is 1. The van der Waals surface area contributed by atoms with Crippen LogP contribution < -0.4 is 4.72 Å². The molecule has 8 nitrogen and oxygen atoms in total. The van der Waals surface area contributed by atoms with Crippen molar-refractivity contribution in [1.82, 2.24) is 10.2 Å². The summed E-state index contributed by atoms with van der Waals surface area (Å²) in [6, 6.07) is 2.31. The topological polar surface area (TPSA) is 115 Å². The first-order valence-corrected chi connectivity index (χ1v) is 7.36. The molecule has 0 atom stereocenters. The Kier molecular flexibility index (Phi) is 3.63. The van der Waals surface area contributed by atoms with E-state index in [-0.39, 0.29) is 5.13 Å². The van der Waals surface area contributed by atoms with Crippen molar-refractivity contribution in [1.29, 1.82) is 0 Å². The highest BCUT2D eigenvalue weighted by Gasteiger charge is 2.21. The van der Waals surface area contributed by atoms with Crippen molar-refractivity contribution in [3.05, 3.63) is 39.1 Å². The van der Waals surface area contributed by atoms with Gasteiger partial charge >= 0.3 is 5.69 Å². The molecule has 1 N–H and O–H groups in total. The summed E-state index contributed by atoms with van der Waals surface area (Å²) in [5.41, 5.74) is -0.796. The Balaban J connectivity index is 2.35. The predicted molar refractivity (Wildman–Crippen MR) is 68.5 cm³/mol. The zero-order chi connectivity index (χ0) is 14.9. The standard InChI is InChI=1S/C9H7FN4O4S2/c1-5-11-12-9(19-5)13-20(17,18)6-2-3-8(14(15)16)7(10)4-6/h2-4H,1H3,(H,12,13). The molecule has 0 aliphatic heterocycles. The summed E-state index contributed by atoms with van der Waals surface area (Å²) in [6.07, 6.45) is 0. The first kappa shape index (κ1) is 14.3. The monoisotopic (exact) mass is 318 g/mol. The number of nitrogens with zero attached hydrogens (tertiary/aromatic N) is 3. The summed E-state index contributed by atoms with van der Waals surface area (Å²) in [4.78, 5) is 9.09. The second-order valence-corrected chi connectivity index (χ2v) is 6.47. The summed E-state index contributed by atoms with van der Waals surface area (Å²) in [6.45, 7) is 1.64. The summed E-state index contributed by atoms with van der Waals surface area (Å²) >= 11 is 1.01. The molecule has 0 amide bonds. The summed E-state index contributed by atoms with van der Waals surface area (Å²) in [5.74, 6) is -1.23. The smallest absolute Gasteiger partial charge is 0.258 e. The maximum absolute atomic E-state index is 13.4. The van der Waals surface area contributed by atoms with Crippen LogP contribution in [0.25, 0.3) is 0 Å². The molecule has 1 heterocycles. The van der Waals surface area contributed by atoms with E-state index < -0.39 is 31.3 Å². The average Bonchev–Trinajstić information content (AvgIpc) is 2.73. The Morgan fingerprint density at radius 2 is 2.10 bits per heavy atom. The number of hydrogen-bond acceptors (Lipinski definition) is 7. The van der Waals surface area contributed by atoms with E-state index in [1.54, 1.807) is 6.92 Å². The molecule has 0 spiro atoms. The summed E-state index contributed by atoms with van der Waals surface area (Å²) in [5, 5.41) is 18.2. The second-order valence-electron chi connectivity index (χ2n) is 3.60. The highest BCUT2D eigenvalue weighted by molar-refractivity contribution is 7.93. The van der Waals surface area contributed by atoms with Crippen LogP contribution in [0.1, 0.15) is 5.01 Å². The minimum absolute atomic E-state index is 0.0289. The zero-order valence-electron chi connectivity index (χ0n) is 9.90. The maximum Gasteiger partial charge on any atom is 0.304 e. The Morgan fingerprint density at radius 3 is 2.60 bits per heavy atom. The highest BCUT2D eigenvalue weighted by Crippen LogP contribution is 2.23. The SMILES string of the molecule is Cc1nnc(NS(=O)(=O)c2ccc([N+](=O)[O-])c(F)c2)s1. The Bertz CT molecular complexity index is 774. The van der Waals surface area contributed by atoms with Crippen LogP contribution >= 0.6 is 11.3 Å². The molecule has 0 fully saturated rings. The number of hydrogen-bond donors (Lipinski definition) is 1. The lowest BCUT2D eigenvalue weighted by Gasteiger charge is -2.04. The minimum atomic E-state index is -4.07. The number of sulfonamides is 1. The number of anilines is 1. The third-order valence-corrected chi connectivity index (χ3v) is 4.39. The van der Waals surface area contributed by atoms with Crippen LogP contribution in [-0.2, 0) is 10.0 Å². The Hall–Kier alpha value is -2.14. The van der Waals surface area contributed by atoms with Gasteiger partial charge in [0.15, 0.2) is 0 Å². The van der Waals surface area contributed by atoms with E-state index in [4.69, 9.17) is 0 Å². The van der Waals surface area contributed by atoms with Crippen molar-refractivity contribution < 1.29 is 17.7 Å². The fourth-order valence-corrected chi connectivity index (χ4v) is 3.15. The number of rotatable bonds is 4. The normalized spacial score (nSPS) is 11.3. The maximum atomic E-state index is 13.4. The van der Waals surface area contributed by atoms with Gasteiger partial charge in [0.2, 0.25) is 10.9 Å². The lowest BCUT2D eigenvalue weighted by atomic mass is 10.3. The van der Waals surface area contributed by atoms with Gasteiger partial charge in [-0.15, -0.1) is 10.2 Å². The lowest BCUT2D eigenvalue weighted by Crippen LogP contribution is -2.13. The molecule has 0 aliphatic rings. The predicted octanol–water partition coefficient (Wildman–Crippen LogP) is 1.69. The fourth-order valence-electron chi connectivity index (χ4n) is 1.31. The van der Waals surface area contributed by atoms with Gasteiger partial charge in [0.1, 0.15) is 5.01 Å². The molecule has 0 saturated carbocycles. The number of nitro groups is 1. The van der Waals surface area contributed by atoms with E-state index >= 15 is 0 Å². The van der Waals surface area contributed by atoms with Crippen molar-refractivity contribution in [2.75, 3.05) is 4.72 Å². The number of aryl methyl sites for hydroxylation is 1. The van der Waals surface area contributed by atoms with Gasteiger partial charge in [-0.05, 0) is 13.0 Å². The van der Waals surface area contributed by atoms with E-state index in [1.807, 2.05) is 0 Å². The third-order valence-electron chi connectivity index (χ3n) is 2.17. The van der Waals surface area contributed by atoms with Crippen LogP contribution in [0.3, 0.4) is 0 Å². The Labute approximate surface area is 116 Å². The Morgan fingerprint density at radius 1 is 1.40 bits per heavy atom. The van der Waals surface area contributed by atoms with Crippen LogP contribution in [0.5, 0.6) is 0 Å². The molecule has 2 rings (SSSR count). The average molecular weight is 318 g/mol. The van der Waals surface area contributed by atoms with Gasteiger partial charge in [-0.1, -0.05) is 11.3 Å². The first-order valence-electron chi connectivity index (χ1n) is 5.06. The van der Waals surface area contributed by atoms with Crippen molar-refractivity contribution >= 4 is 32.2 Å². The number of nitrogens with one attached hydrogen (secondary N) is 1. The van der Waals surface area contributed by atoms with Gasteiger partial charge in [0.25, 0.3) is 10.0 Å². The largest absolute Gasteiger partial charge is 0.304 e. The van der Waals surface area contributed by atoms with Gasteiger partial charge in [0, 0.05) is 12.1 Å². The van der Waals surface area contributed by atoms with E-state index in [0.717, 1.165) is 23.5 Å². The van der Waals surface area contributed by atoms with Crippen molar-refractivity contribution in [3.8, 4) is 0 Å². The molecule has 1 aromatic heterocycles. The summed E-state index contributed by atoms with van der Waals surface area (Å²) in [7, 11) is -4.07. The molecule has 0 unspecified atom stereocenters. The third kappa shape index (κ3) is 2.88. The van der Waals surface area contributed by atoms with Gasteiger partial charge in [-0.2, -0.15) is 4.39 Å². The molecule has 0 saturated heterocycles. The van der Waals surface area contributed by atoms with Gasteiger partial charge in [0.05, 0.1) is 9.82 Å². The minimum Gasteiger partial charge on any atom is -0.258 e. The van der Waals surface area contributed by atoms with Crippen LogP contribution in [0, 0.1) is 22.9 Å². The first-order chi connectivity index (χ1) is 9.29. The molecule has 106 valence electrons. The molecular weight excluding hydrogens is 311 g/mol. The van der Waals surface area contributed by atoms with E-state index in [2.05, 4.69) is 14.9 Å². The molecule has 0 aliphatic carbocycles. The number of halogens is 1. The van der Waals surface area contributed by atoms with E-state index in [9.17, 15) is 22.9 Å². The number of nitro benzene ring substituents is 1. The molecular formula is C9H7FN4O4S2. The molecule has 0 radical (unpaired) electrons. The molecule has 20 heavy (non-hydrogen) atoms. The van der Waals surface area contributed by atoms with Crippen LogP contribution in [0.2, 0.25) is 0 Å². The molecule has 2 aromatic rings. The van der Waals surface area contributed by atoms with Crippen molar-refractivity contribution in [3.63, 3.8) is 0 Å². The van der Waals surface area contributed by atoms with Crippen LogP contribution in [0.4, 0.5) is 15.2 Å². The second kappa shape index (κ2) is 5.09. The van der Waals surface area contributed by atoms with Crippen molar-refractivity contribution in [2.24, 2.45) is 0 Å². The van der Waals surface area contributed by atoms with Crippen LogP contribution in [-0.4, -0.2) is 23.5 Å². The summed E-state index contributed by atoms with van der Waals surface area (Å²) < 4.78 is 39.4. The zero-order valence-corrected chi connectivity index (χ0v) is 11.5. The van der Waals surface area contributed by atoms with Crippen molar-refractivity contribution in [2.45, 2.75) is 11.8 Å². The molecule has 0 bridgehead atoms. The fraction of sp³-hybridized carbons (Fsp3) is 0.111. The van der Waals surface area contributed by atoms with Crippen LogP contribution in [0.15, 0.2) is 23.1 Å². The molecule has 11 heteroatoms. The quantitative estimate of drug-likeness (QED) is 0.677. The van der Waals surface area contributed by atoms with E-state index in [1.165, 1.54) is 0 Å². The van der Waals surface area contributed by atoms with Gasteiger partial charge < -0.3 is 0 Å². The van der Waals surface area contributed by atoms with E-state index in [0.29, 0.717) is 11.1 Å². The van der Waals surface area contributed by atoms with Gasteiger partial charge in [-0.3, -0.25) is 14.8 Å². The number of aromatic nitrogens is 2. The van der Waals surface area contributed by atoms with Gasteiger partial charge in [-0.25, -0.2) is 8.42 Å². The lowest BCUT2D eigenvalue weighted by molar-refractivity contribution is -0.387. The molecule has 1 aromatic carbocycles. The highest BCUT2D eigenvalue weighted by atomic mass is 32.2.